The molecule has 31 heavy (non-hydrogen) atoms. The van der Waals surface area contributed by atoms with Crippen LogP contribution in [0.15, 0.2) is 47.6 Å². The fraction of sp³-hybridized carbons (Fsp3) is 0.391. The molecule has 0 saturated heterocycles. The number of benzene rings is 2. The summed E-state index contributed by atoms with van der Waals surface area (Å²) in [6.45, 7) is 1.27. The Balaban J connectivity index is 1.92. The number of hydrazone groups is 1. The van der Waals surface area contributed by atoms with Crippen LogP contribution in [-0.4, -0.2) is 64.8 Å². The standard InChI is InChI=1S/C23H29N3O5/c1-28-12-11-24-15-23(27)26-21(19-13-18(30-3)9-10-22(19)31-4)14-20(25-26)16-5-7-17(29-2)8-6-16/h5-10,13,21,24H,11-12,14-15H2,1-4H3. The van der Waals surface area contributed by atoms with E-state index in [1.807, 2.05) is 42.5 Å². The molecule has 1 aliphatic rings. The Kier molecular flexibility index (Phi) is 7.86. The van der Waals surface area contributed by atoms with Gasteiger partial charge in [0.25, 0.3) is 5.91 Å². The number of ether oxygens (including phenoxy) is 4. The number of rotatable bonds is 10. The van der Waals surface area contributed by atoms with Crippen LogP contribution in [0.25, 0.3) is 0 Å². The van der Waals surface area contributed by atoms with Crippen LogP contribution in [-0.2, 0) is 9.53 Å². The summed E-state index contributed by atoms with van der Waals surface area (Å²) in [4.78, 5) is 13.0. The van der Waals surface area contributed by atoms with Crippen molar-refractivity contribution in [3.8, 4) is 17.2 Å². The van der Waals surface area contributed by atoms with Crippen LogP contribution >= 0.6 is 0 Å². The molecule has 0 fully saturated rings. The van der Waals surface area contributed by atoms with E-state index in [1.54, 1.807) is 28.4 Å². The summed E-state index contributed by atoms with van der Waals surface area (Å²) in [5, 5.41) is 9.33. The van der Waals surface area contributed by atoms with Crippen molar-refractivity contribution in [2.24, 2.45) is 5.10 Å². The van der Waals surface area contributed by atoms with Gasteiger partial charge >= 0.3 is 0 Å². The first-order valence-corrected chi connectivity index (χ1v) is 10.1. The zero-order valence-corrected chi connectivity index (χ0v) is 18.4. The maximum absolute atomic E-state index is 13.0. The predicted molar refractivity (Wildman–Crippen MR) is 118 cm³/mol. The molecule has 0 aromatic heterocycles. The van der Waals surface area contributed by atoms with E-state index in [-0.39, 0.29) is 18.5 Å². The Labute approximate surface area is 182 Å². The Hall–Kier alpha value is -3.10. The quantitative estimate of drug-likeness (QED) is 0.587. The second-order valence-corrected chi connectivity index (χ2v) is 7.01. The van der Waals surface area contributed by atoms with Crippen molar-refractivity contribution in [3.63, 3.8) is 0 Å². The van der Waals surface area contributed by atoms with E-state index in [1.165, 1.54) is 5.01 Å². The van der Waals surface area contributed by atoms with Crippen molar-refractivity contribution in [3.05, 3.63) is 53.6 Å². The van der Waals surface area contributed by atoms with Gasteiger partial charge in [0.15, 0.2) is 0 Å². The van der Waals surface area contributed by atoms with Crippen LogP contribution in [0.3, 0.4) is 0 Å². The Morgan fingerprint density at radius 1 is 1.03 bits per heavy atom. The molecule has 3 rings (SSSR count). The molecule has 1 heterocycles. The molecule has 0 spiro atoms. The minimum atomic E-state index is -0.307. The van der Waals surface area contributed by atoms with E-state index >= 15 is 0 Å². The molecule has 0 radical (unpaired) electrons. The molecular weight excluding hydrogens is 398 g/mol. The van der Waals surface area contributed by atoms with Gasteiger partial charge in [-0.15, -0.1) is 0 Å². The van der Waals surface area contributed by atoms with Crippen molar-refractivity contribution in [1.82, 2.24) is 10.3 Å². The first kappa shape index (κ1) is 22.6. The topological polar surface area (TPSA) is 81.6 Å². The van der Waals surface area contributed by atoms with E-state index in [0.717, 1.165) is 22.6 Å². The fourth-order valence-electron chi connectivity index (χ4n) is 3.49. The molecule has 0 bridgehead atoms. The number of hydrogen-bond donors (Lipinski definition) is 1. The number of amides is 1. The molecule has 1 N–H and O–H groups in total. The zero-order valence-electron chi connectivity index (χ0n) is 18.4. The minimum absolute atomic E-state index is 0.130. The van der Waals surface area contributed by atoms with Gasteiger partial charge in [-0.2, -0.15) is 5.10 Å². The molecule has 0 saturated carbocycles. The average molecular weight is 428 g/mol. The molecule has 1 amide bonds. The summed E-state index contributed by atoms with van der Waals surface area (Å²) < 4.78 is 21.3. The van der Waals surface area contributed by atoms with Crippen molar-refractivity contribution in [1.29, 1.82) is 0 Å². The third-order valence-electron chi connectivity index (χ3n) is 5.14. The summed E-state index contributed by atoms with van der Waals surface area (Å²) in [5.41, 5.74) is 2.61. The predicted octanol–water partition coefficient (Wildman–Crippen LogP) is 2.63. The zero-order chi connectivity index (χ0) is 22.2. The highest BCUT2D eigenvalue weighted by Crippen LogP contribution is 2.39. The van der Waals surface area contributed by atoms with Gasteiger partial charge in [0.05, 0.1) is 46.2 Å². The summed E-state index contributed by atoms with van der Waals surface area (Å²) in [6, 6.07) is 12.9. The third kappa shape index (κ3) is 5.34. The average Bonchev–Trinajstić information content (AvgIpc) is 3.26. The van der Waals surface area contributed by atoms with Crippen LogP contribution < -0.4 is 19.5 Å². The van der Waals surface area contributed by atoms with Crippen LogP contribution in [0.2, 0.25) is 0 Å². The van der Waals surface area contributed by atoms with Gasteiger partial charge in [-0.05, 0) is 48.0 Å². The van der Waals surface area contributed by atoms with Crippen LogP contribution in [0, 0.1) is 0 Å². The first-order valence-electron chi connectivity index (χ1n) is 10.1. The highest BCUT2D eigenvalue weighted by molar-refractivity contribution is 6.03. The highest BCUT2D eigenvalue weighted by atomic mass is 16.5. The van der Waals surface area contributed by atoms with Crippen molar-refractivity contribution < 1.29 is 23.7 Å². The van der Waals surface area contributed by atoms with Crippen molar-refractivity contribution >= 4 is 11.6 Å². The fourth-order valence-corrected chi connectivity index (χ4v) is 3.49. The summed E-state index contributed by atoms with van der Waals surface area (Å²) >= 11 is 0. The Morgan fingerprint density at radius 2 is 1.74 bits per heavy atom. The van der Waals surface area contributed by atoms with E-state index < -0.39 is 0 Å². The third-order valence-corrected chi connectivity index (χ3v) is 5.14. The molecule has 0 aliphatic carbocycles. The van der Waals surface area contributed by atoms with Gasteiger partial charge in [-0.1, -0.05) is 0 Å². The molecule has 166 valence electrons. The maximum Gasteiger partial charge on any atom is 0.257 e. The van der Waals surface area contributed by atoms with E-state index in [9.17, 15) is 4.79 Å². The second-order valence-electron chi connectivity index (χ2n) is 7.01. The Bertz CT molecular complexity index is 914. The van der Waals surface area contributed by atoms with Crippen LogP contribution in [0.5, 0.6) is 17.2 Å². The van der Waals surface area contributed by atoms with Gasteiger partial charge in [0.2, 0.25) is 0 Å². The number of nitrogens with zero attached hydrogens (tertiary/aromatic N) is 2. The summed E-state index contributed by atoms with van der Waals surface area (Å²) in [5.74, 6) is 2.01. The number of hydrogen-bond acceptors (Lipinski definition) is 7. The number of carbonyl (C=O) groups excluding carboxylic acids is 1. The summed E-state index contributed by atoms with van der Waals surface area (Å²) in [7, 11) is 6.48. The Morgan fingerprint density at radius 3 is 2.39 bits per heavy atom. The largest absolute Gasteiger partial charge is 0.497 e. The summed E-state index contributed by atoms with van der Waals surface area (Å²) in [6.07, 6.45) is 0.555. The highest BCUT2D eigenvalue weighted by Gasteiger charge is 2.35. The molecule has 2 aromatic rings. The minimum Gasteiger partial charge on any atom is -0.497 e. The smallest absolute Gasteiger partial charge is 0.257 e. The lowest BCUT2D eigenvalue weighted by molar-refractivity contribution is -0.132. The molecule has 8 nitrogen and oxygen atoms in total. The van der Waals surface area contributed by atoms with Gasteiger partial charge in [-0.3, -0.25) is 4.79 Å². The second kappa shape index (κ2) is 10.8. The van der Waals surface area contributed by atoms with Crippen molar-refractivity contribution in [2.75, 3.05) is 48.1 Å². The number of carbonyl (C=O) groups is 1. The lowest BCUT2D eigenvalue weighted by atomic mass is 9.97. The van der Waals surface area contributed by atoms with Gasteiger partial charge in [0.1, 0.15) is 17.2 Å². The molecule has 8 heteroatoms. The number of nitrogens with one attached hydrogen (secondary N) is 1. The molecular formula is C23H29N3O5. The normalized spacial score (nSPS) is 15.5. The monoisotopic (exact) mass is 427 g/mol. The van der Waals surface area contributed by atoms with Crippen molar-refractivity contribution in [2.45, 2.75) is 12.5 Å². The lowest BCUT2D eigenvalue weighted by Gasteiger charge is -2.24. The van der Waals surface area contributed by atoms with Crippen LogP contribution in [0.1, 0.15) is 23.6 Å². The maximum atomic E-state index is 13.0. The number of methoxy groups -OCH3 is 4. The van der Waals surface area contributed by atoms with E-state index in [0.29, 0.717) is 31.1 Å². The van der Waals surface area contributed by atoms with E-state index in [4.69, 9.17) is 24.0 Å². The molecule has 1 aliphatic heterocycles. The molecule has 1 atom stereocenters. The lowest BCUT2D eigenvalue weighted by Crippen LogP contribution is -2.36. The first-order chi connectivity index (χ1) is 15.1. The van der Waals surface area contributed by atoms with E-state index in [2.05, 4.69) is 5.32 Å². The van der Waals surface area contributed by atoms with Gasteiger partial charge in [0, 0.05) is 25.6 Å². The molecule has 1 unspecified atom stereocenters. The van der Waals surface area contributed by atoms with Gasteiger partial charge in [-0.25, -0.2) is 5.01 Å². The SMILES string of the molecule is COCCNCC(=O)N1N=C(c2ccc(OC)cc2)CC1c1cc(OC)ccc1OC. The van der Waals surface area contributed by atoms with Crippen LogP contribution in [0.4, 0.5) is 0 Å². The molecule has 2 aromatic carbocycles. The van der Waals surface area contributed by atoms with Gasteiger partial charge < -0.3 is 24.3 Å².